The Kier molecular flexibility index (Phi) is 6.24. The lowest BCUT2D eigenvalue weighted by Gasteiger charge is -2.56. The number of halogens is 5. The molecule has 1 aromatic rings. The average Bonchev–Trinajstić information content (AvgIpc) is 3.13. The van der Waals surface area contributed by atoms with Crippen LogP contribution in [0.1, 0.15) is 75.0 Å². The molecule has 4 aliphatic rings. The lowest BCUT2D eigenvalue weighted by Crippen LogP contribution is -2.65. The Morgan fingerprint density at radius 1 is 1.05 bits per heavy atom. The van der Waals surface area contributed by atoms with Crippen LogP contribution in [0.2, 0.25) is 0 Å². The quantitative estimate of drug-likeness (QED) is 0.451. The molecule has 0 heterocycles. The third-order valence-corrected chi connectivity index (χ3v) is 9.66. The predicted octanol–water partition coefficient (Wildman–Crippen LogP) is 5.54. The van der Waals surface area contributed by atoms with Crippen molar-refractivity contribution in [2.45, 2.75) is 81.6 Å². The van der Waals surface area contributed by atoms with Crippen LogP contribution in [0.4, 0.5) is 22.0 Å². The molecule has 3 N–H and O–H groups in total. The van der Waals surface area contributed by atoms with E-state index in [0.717, 1.165) is 16.7 Å². The summed E-state index contributed by atoms with van der Waals surface area (Å²) in [5.74, 6) is -6.63. The van der Waals surface area contributed by atoms with E-state index in [-0.39, 0.29) is 24.5 Å². The number of allylic oxidation sites excluding steroid dienone is 4. The van der Waals surface area contributed by atoms with Crippen LogP contribution in [0.15, 0.2) is 47.1 Å². The number of benzene rings is 1. The van der Waals surface area contributed by atoms with E-state index in [4.69, 9.17) is 0 Å². The van der Waals surface area contributed by atoms with Gasteiger partial charge in [-0.25, -0.2) is 0 Å². The molecule has 2 saturated carbocycles. The number of aliphatic hydroxyl groups is 3. The Morgan fingerprint density at radius 3 is 2.35 bits per heavy atom. The van der Waals surface area contributed by atoms with Crippen molar-refractivity contribution in [2.24, 2.45) is 17.3 Å². The highest BCUT2D eigenvalue weighted by molar-refractivity contribution is 5.93. The number of carbonyl (C=O) groups is 1. The maximum atomic E-state index is 15.0. The molecular formula is C28H31F5O4. The van der Waals surface area contributed by atoms with E-state index < -0.39 is 54.1 Å². The van der Waals surface area contributed by atoms with E-state index in [9.17, 15) is 42.1 Å². The van der Waals surface area contributed by atoms with Crippen LogP contribution < -0.4 is 0 Å². The Hall–Kier alpha value is -2.10. The molecule has 0 saturated heterocycles. The maximum Gasteiger partial charge on any atom is 0.456 e. The fourth-order valence-corrected chi connectivity index (χ4v) is 7.77. The first kappa shape index (κ1) is 26.5. The van der Waals surface area contributed by atoms with Crippen LogP contribution in [0.25, 0.3) is 0 Å². The Labute approximate surface area is 211 Å². The van der Waals surface area contributed by atoms with Crippen molar-refractivity contribution in [1.82, 2.24) is 0 Å². The lowest BCUT2D eigenvalue weighted by molar-refractivity contribution is -0.362. The van der Waals surface area contributed by atoms with E-state index in [0.29, 0.717) is 36.8 Å². The van der Waals surface area contributed by atoms with Gasteiger partial charge in [-0.1, -0.05) is 36.8 Å². The molecule has 0 spiro atoms. The van der Waals surface area contributed by atoms with Gasteiger partial charge in [-0.3, -0.25) is 4.79 Å². The molecule has 202 valence electrons. The molecule has 0 amide bonds. The number of aliphatic hydroxyl groups excluding tert-OH is 2. The van der Waals surface area contributed by atoms with E-state index >= 15 is 0 Å². The molecule has 1 unspecified atom stereocenters. The zero-order chi connectivity index (χ0) is 27.0. The summed E-state index contributed by atoms with van der Waals surface area (Å²) < 4.78 is 70.9. The molecule has 0 aromatic heterocycles. The van der Waals surface area contributed by atoms with Crippen molar-refractivity contribution in [3.63, 3.8) is 0 Å². The largest absolute Gasteiger partial charge is 0.456 e. The summed E-state index contributed by atoms with van der Waals surface area (Å²) >= 11 is 0. The highest BCUT2D eigenvalue weighted by Gasteiger charge is 2.79. The second-order valence-corrected chi connectivity index (χ2v) is 11.3. The molecule has 5 rings (SSSR count). The molecule has 0 aliphatic heterocycles. The summed E-state index contributed by atoms with van der Waals surface area (Å²) in [4.78, 5) is 12.1. The normalized spacial score (nSPS) is 35.0. The van der Waals surface area contributed by atoms with Crippen LogP contribution in [0.5, 0.6) is 0 Å². The van der Waals surface area contributed by atoms with E-state index in [1.165, 1.54) is 6.92 Å². The van der Waals surface area contributed by atoms with E-state index in [2.05, 4.69) is 0 Å². The molecule has 0 radical (unpaired) electrons. The third-order valence-electron chi connectivity index (χ3n) is 9.66. The van der Waals surface area contributed by atoms with Gasteiger partial charge in [-0.2, -0.15) is 22.0 Å². The van der Waals surface area contributed by atoms with Gasteiger partial charge in [0.25, 0.3) is 0 Å². The first-order chi connectivity index (χ1) is 17.2. The molecule has 9 heteroatoms. The molecule has 1 aromatic carbocycles. The van der Waals surface area contributed by atoms with Crippen LogP contribution in [-0.2, 0) is 4.79 Å². The number of rotatable bonds is 4. The van der Waals surface area contributed by atoms with Crippen LogP contribution >= 0.6 is 0 Å². The summed E-state index contributed by atoms with van der Waals surface area (Å²) in [6, 6.07) is 6.63. The summed E-state index contributed by atoms with van der Waals surface area (Å²) in [7, 11) is 0. The average molecular weight is 527 g/mol. The minimum atomic E-state index is -5.89. The van der Waals surface area contributed by atoms with Gasteiger partial charge in [-0.05, 0) is 78.7 Å². The van der Waals surface area contributed by atoms with Crippen LogP contribution in [0, 0.1) is 17.3 Å². The van der Waals surface area contributed by atoms with Crippen molar-refractivity contribution in [2.75, 3.05) is 6.61 Å². The summed E-state index contributed by atoms with van der Waals surface area (Å²) in [6.07, 6.45) is -4.15. The molecule has 6 atom stereocenters. The van der Waals surface area contributed by atoms with Gasteiger partial charge in [0.1, 0.15) is 11.7 Å². The van der Waals surface area contributed by atoms with E-state index in [1.54, 1.807) is 30.3 Å². The maximum absolute atomic E-state index is 15.0. The molecule has 4 nitrogen and oxygen atoms in total. The van der Waals surface area contributed by atoms with Crippen molar-refractivity contribution < 1.29 is 42.1 Å². The van der Waals surface area contributed by atoms with Gasteiger partial charge in [0, 0.05) is 17.8 Å². The van der Waals surface area contributed by atoms with Gasteiger partial charge in [0.2, 0.25) is 0 Å². The highest BCUT2D eigenvalue weighted by atomic mass is 19.4. The zero-order valence-electron chi connectivity index (χ0n) is 20.5. The highest BCUT2D eigenvalue weighted by Crippen LogP contribution is 2.70. The lowest BCUT2D eigenvalue weighted by atomic mass is 9.50. The van der Waals surface area contributed by atoms with Gasteiger partial charge in [0.05, 0.1) is 6.61 Å². The fourth-order valence-electron chi connectivity index (χ4n) is 7.77. The van der Waals surface area contributed by atoms with Gasteiger partial charge < -0.3 is 15.3 Å². The Balaban J connectivity index is 1.67. The van der Waals surface area contributed by atoms with Crippen LogP contribution in [0.3, 0.4) is 0 Å². The third kappa shape index (κ3) is 3.75. The summed E-state index contributed by atoms with van der Waals surface area (Å²) in [5, 5.41) is 30.5. The SMILES string of the molecule is C[C@]12C[C@H](c3ccc(C(O)CO)cc3)C3=C4CCC(=O)C=C4CC[C@H]3[C@@H]1CC[C@@]2(O)C(F)(F)C(F)(F)F. The zero-order valence-corrected chi connectivity index (χ0v) is 20.5. The smallest absolute Gasteiger partial charge is 0.393 e. The second-order valence-electron chi connectivity index (χ2n) is 11.3. The molecular weight excluding hydrogens is 495 g/mol. The molecule has 37 heavy (non-hydrogen) atoms. The van der Waals surface area contributed by atoms with Gasteiger partial charge in [0.15, 0.2) is 5.78 Å². The fraction of sp³-hybridized carbons (Fsp3) is 0.607. The van der Waals surface area contributed by atoms with Crippen molar-refractivity contribution in [1.29, 1.82) is 0 Å². The van der Waals surface area contributed by atoms with Crippen molar-refractivity contribution >= 4 is 5.78 Å². The van der Waals surface area contributed by atoms with Crippen molar-refractivity contribution in [3.8, 4) is 0 Å². The number of alkyl halides is 5. The second kappa shape index (κ2) is 8.71. The number of ketones is 1. The van der Waals surface area contributed by atoms with Crippen molar-refractivity contribution in [3.05, 3.63) is 58.2 Å². The minimum Gasteiger partial charge on any atom is -0.393 e. The topological polar surface area (TPSA) is 77.8 Å². The monoisotopic (exact) mass is 526 g/mol. The number of hydrogen-bond donors (Lipinski definition) is 3. The molecule has 2 fully saturated rings. The minimum absolute atomic E-state index is 0.0254. The van der Waals surface area contributed by atoms with E-state index in [1.807, 2.05) is 0 Å². The molecule has 0 bridgehead atoms. The number of hydrogen-bond acceptors (Lipinski definition) is 4. The van der Waals surface area contributed by atoms with Gasteiger partial charge >= 0.3 is 12.1 Å². The first-order valence-corrected chi connectivity index (χ1v) is 12.8. The van der Waals surface area contributed by atoms with Gasteiger partial charge in [-0.15, -0.1) is 0 Å². The molecule has 4 aliphatic carbocycles. The predicted molar refractivity (Wildman–Crippen MR) is 125 cm³/mol. The van der Waals surface area contributed by atoms with Crippen LogP contribution in [-0.4, -0.2) is 45.4 Å². The Bertz CT molecular complexity index is 1150. The first-order valence-electron chi connectivity index (χ1n) is 12.8. The standard InChI is InChI=1S/C28H31F5O4/c1-25-13-21(15-2-4-16(5-3-15)23(36)14-34)24-19-9-7-18(35)12-17(19)6-8-20(24)22(25)10-11-26(25,37)27(29,30)28(31,32)33/h2-5,12,20-23,34,36-37H,6-11,13-14H2,1H3/t20-,21+,22-,23?,25-,26-/m0/s1. The Morgan fingerprint density at radius 2 is 1.73 bits per heavy atom. The summed E-state index contributed by atoms with van der Waals surface area (Å²) in [6.45, 7) is 0.903. The summed E-state index contributed by atoms with van der Waals surface area (Å²) in [5.41, 5.74) is -0.915. The number of carbonyl (C=O) groups excluding carboxylic acids is 1. The number of fused-ring (bicyclic) bond motifs is 4.